The summed E-state index contributed by atoms with van der Waals surface area (Å²) in [4.78, 5) is 12.6. The van der Waals surface area contributed by atoms with Crippen LogP contribution in [0.1, 0.15) is 22.0 Å². The number of β-amino-alcohol motifs (C(OH)–C–C–N with tert-alkyl or cyclic N) is 1. The third-order valence-electron chi connectivity index (χ3n) is 5.00. The van der Waals surface area contributed by atoms with Crippen LogP contribution in [0, 0.1) is 0 Å². The first kappa shape index (κ1) is 20.3. The summed E-state index contributed by atoms with van der Waals surface area (Å²) in [6, 6.07) is 16.5. The Hall–Kier alpha value is -2.45. The van der Waals surface area contributed by atoms with Crippen LogP contribution in [-0.2, 0) is 0 Å². The minimum absolute atomic E-state index is 0.147. The van der Waals surface area contributed by atoms with E-state index in [1.165, 1.54) is 7.11 Å². The fourth-order valence-corrected chi connectivity index (χ4v) is 3.36. The first-order valence-corrected chi connectivity index (χ1v) is 9.39. The van der Waals surface area contributed by atoms with Crippen molar-refractivity contribution < 1.29 is 19.7 Å². The van der Waals surface area contributed by atoms with E-state index in [0.717, 1.165) is 5.56 Å². The summed E-state index contributed by atoms with van der Waals surface area (Å²) in [5.74, 6) is 0.311. The molecule has 1 saturated heterocycles. The van der Waals surface area contributed by atoms with Crippen molar-refractivity contribution in [2.24, 2.45) is 0 Å². The van der Waals surface area contributed by atoms with Gasteiger partial charge in [0.05, 0.1) is 24.9 Å². The number of methoxy groups -OCH3 is 1. The average Bonchev–Trinajstić information content (AvgIpc) is 3.06. The molecule has 0 spiro atoms. The molecule has 2 aromatic rings. The van der Waals surface area contributed by atoms with Crippen molar-refractivity contribution in [2.45, 2.75) is 24.3 Å². The van der Waals surface area contributed by atoms with Crippen LogP contribution in [0.4, 0.5) is 0 Å². The Morgan fingerprint density at radius 1 is 1.18 bits per heavy atom. The monoisotopic (exact) mass is 385 g/mol. The molecule has 1 heterocycles. The van der Waals surface area contributed by atoms with Crippen LogP contribution in [0.3, 0.4) is 0 Å². The molecule has 1 fully saturated rings. The predicted octanol–water partition coefficient (Wildman–Crippen LogP) is 0.450. The molecule has 0 aliphatic carbocycles. The van der Waals surface area contributed by atoms with Gasteiger partial charge in [0.25, 0.3) is 5.91 Å². The molecule has 0 radical (unpaired) electrons. The van der Waals surface area contributed by atoms with Gasteiger partial charge in [0.1, 0.15) is 5.75 Å². The second kappa shape index (κ2) is 9.66. The lowest BCUT2D eigenvalue weighted by Gasteiger charge is -2.24. The Morgan fingerprint density at radius 2 is 1.89 bits per heavy atom. The van der Waals surface area contributed by atoms with Gasteiger partial charge in [-0.3, -0.25) is 4.79 Å². The zero-order chi connectivity index (χ0) is 19.9. The Balaban J connectivity index is 1.65. The quantitative estimate of drug-likeness (QED) is 0.452. The van der Waals surface area contributed by atoms with Crippen LogP contribution in [0.5, 0.6) is 5.75 Å². The van der Waals surface area contributed by atoms with Gasteiger partial charge in [-0.2, -0.15) is 0 Å². The Kier molecular flexibility index (Phi) is 7.00. The number of aliphatic hydroxyl groups is 2. The Morgan fingerprint density at radius 3 is 2.57 bits per heavy atom. The van der Waals surface area contributed by atoms with E-state index in [0.29, 0.717) is 30.9 Å². The number of rotatable bonds is 8. The molecule has 0 saturated carbocycles. The molecule has 150 valence electrons. The van der Waals surface area contributed by atoms with Crippen LogP contribution in [0.15, 0.2) is 54.6 Å². The highest BCUT2D eigenvalue weighted by atomic mass is 16.5. The Bertz CT molecular complexity index is 771. The fourth-order valence-electron chi connectivity index (χ4n) is 3.36. The molecule has 7 nitrogen and oxygen atoms in total. The van der Waals surface area contributed by atoms with Crippen LogP contribution < -0.4 is 20.7 Å². The summed E-state index contributed by atoms with van der Waals surface area (Å²) in [6.45, 7) is 1.20. The van der Waals surface area contributed by atoms with E-state index in [9.17, 15) is 15.0 Å². The third-order valence-corrected chi connectivity index (χ3v) is 5.00. The maximum atomic E-state index is 12.6. The first-order valence-electron chi connectivity index (χ1n) is 9.39. The number of ether oxygens (including phenoxy) is 1. The molecule has 2 aromatic carbocycles. The van der Waals surface area contributed by atoms with Gasteiger partial charge in [-0.05, 0) is 17.7 Å². The van der Waals surface area contributed by atoms with E-state index < -0.39 is 12.2 Å². The molecule has 0 aromatic heterocycles. The fraction of sp³-hybridized carbons (Fsp3) is 0.381. The number of nitrogens with one attached hydrogen (secondary N) is 3. The van der Waals surface area contributed by atoms with Crippen molar-refractivity contribution in [3.05, 3.63) is 65.7 Å². The van der Waals surface area contributed by atoms with Crippen molar-refractivity contribution in [3.8, 4) is 5.75 Å². The minimum Gasteiger partial charge on any atom is -0.496 e. The van der Waals surface area contributed by atoms with Gasteiger partial charge in [-0.1, -0.05) is 42.5 Å². The van der Waals surface area contributed by atoms with Crippen molar-refractivity contribution in [3.63, 3.8) is 0 Å². The van der Waals surface area contributed by atoms with Gasteiger partial charge in [0, 0.05) is 31.7 Å². The van der Waals surface area contributed by atoms with Gasteiger partial charge >= 0.3 is 0 Å². The van der Waals surface area contributed by atoms with Gasteiger partial charge in [0.15, 0.2) is 0 Å². The SMILES string of the molecule is COc1ccccc1C(=O)NC[C@H](NC[C@H]1NC[C@H](O)[C@@H]1O)c1ccccc1. The molecule has 28 heavy (non-hydrogen) atoms. The van der Waals surface area contributed by atoms with E-state index in [2.05, 4.69) is 16.0 Å². The summed E-state index contributed by atoms with van der Waals surface area (Å²) in [7, 11) is 1.54. The van der Waals surface area contributed by atoms with Crippen molar-refractivity contribution in [1.29, 1.82) is 0 Å². The number of hydrogen-bond donors (Lipinski definition) is 5. The summed E-state index contributed by atoms with van der Waals surface area (Å²) in [6.07, 6.45) is -1.57. The van der Waals surface area contributed by atoms with E-state index in [1.54, 1.807) is 18.2 Å². The lowest BCUT2D eigenvalue weighted by molar-refractivity contribution is 0.0403. The smallest absolute Gasteiger partial charge is 0.255 e. The third kappa shape index (κ3) is 4.88. The molecule has 5 N–H and O–H groups in total. The number of hydrogen-bond acceptors (Lipinski definition) is 6. The molecule has 7 heteroatoms. The summed E-state index contributed by atoms with van der Waals surface area (Å²) < 4.78 is 5.26. The largest absolute Gasteiger partial charge is 0.496 e. The average molecular weight is 385 g/mol. The molecular weight excluding hydrogens is 358 g/mol. The second-order valence-electron chi connectivity index (χ2n) is 6.85. The second-order valence-corrected chi connectivity index (χ2v) is 6.85. The van der Waals surface area contributed by atoms with E-state index in [4.69, 9.17) is 4.74 Å². The maximum Gasteiger partial charge on any atom is 0.255 e. The van der Waals surface area contributed by atoms with Gasteiger partial charge in [0.2, 0.25) is 0 Å². The highest BCUT2D eigenvalue weighted by Gasteiger charge is 2.33. The van der Waals surface area contributed by atoms with Gasteiger partial charge < -0.3 is 30.9 Å². The number of aliphatic hydroxyl groups excluding tert-OH is 2. The van der Waals surface area contributed by atoms with Crippen molar-refractivity contribution >= 4 is 5.91 Å². The number of carbonyl (C=O) groups is 1. The first-order chi connectivity index (χ1) is 13.6. The summed E-state index contributed by atoms with van der Waals surface area (Å²) >= 11 is 0. The number of amides is 1. The highest BCUT2D eigenvalue weighted by Crippen LogP contribution is 2.18. The molecule has 0 unspecified atom stereocenters. The molecule has 0 bridgehead atoms. The molecular formula is C21H27N3O4. The van der Waals surface area contributed by atoms with E-state index in [-0.39, 0.29) is 18.0 Å². The zero-order valence-electron chi connectivity index (χ0n) is 15.8. The van der Waals surface area contributed by atoms with Gasteiger partial charge in [-0.25, -0.2) is 0 Å². The molecule has 1 aliphatic heterocycles. The molecule has 3 rings (SSSR count). The van der Waals surface area contributed by atoms with Crippen LogP contribution in [0.2, 0.25) is 0 Å². The molecule has 1 amide bonds. The molecule has 4 atom stereocenters. The standard InChI is InChI=1S/C21H27N3O4/c1-28-19-10-6-5-9-15(19)21(27)24-11-16(14-7-3-2-4-8-14)22-12-17-20(26)18(25)13-23-17/h2-10,16-18,20,22-23,25-26H,11-13H2,1H3,(H,24,27)/t16-,17+,18-,20+/m0/s1. The summed E-state index contributed by atoms with van der Waals surface area (Å²) in [5.41, 5.74) is 1.50. The Labute approximate surface area is 164 Å². The lowest BCUT2D eigenvalue weighted by atomic mass is 10.1. The van der Waals surface area contributed by atoms with Crippen LogP contribution in [-0.4, -0.2) is 61.1 Å². The van der Waals surface area contributed by atoms with Crippen molar-refractivity contribution in [2.75, 3.05) is 26.7 Å². The van der Waals surface area contributed by atoms with Crippen molar-refractivity contribution in [1.82, 2.24) is 16.0 Å². The number of benzene rings is 2. The van der Waals surface area contributed by atoms with Crippen LogP contribution in [0.25, 0.3) is 0 Å². The highest BCUT2D eigenvalue weighted by molar-refractivity contribution is 5.96. The topological polar surface area (TPSA) is 103 Å². The normalized spacial score (nSPS) is 22.6. The minimum atomic E-state index is -0.813. The van der Waals surface area contributed by atoms with Gasteiger partial charge in [-0.15, -0.1) is 0 Å². The van der Waals surface area contributed by atoms with Crippen LogP contribution >= 0.6 is 0 Å². The van der Waals surface area contributed by atoms with E-state index >= 15 is 0 Å². The lowest BCUT2D eigenvalue weighted by Crippen LogP contribution is -2.45. The summed E-state index contributed by atoms with van der Waals surface area (Å²) in [5, 5.41) is 29.2. The number of para-hydroxylation sites is 1. The number of carbonyl (C=O) groups excluding carboxylic acids is 1. The van der Waals surface area contributed by atoms with E-state index in [1.807, 2.05) is 36.4 Å². The predicted molar refractivity (Wildman–Crippen MR) is 106 cm³/mol. The maximum absolute atomic E-state index is 12.6. The molecule has 1 aliphatic rings. The zero-order valence-corrected chi connectivity index (χ0v) is 15.8.